The lowest BCUT2D eigenvalue weighted by molar-refractivity contribution is -0.149. The summed E-state index contributed by atoms with van der Waals surface area (Å²) in [4.78, 5) is 35.2. The van der Waals surface area contributed by atoms with Crippen LogP contribution in [0.25, 0.3) is 11.0 Å². The summed E-state index contributed by atoms with van der Waals surface area (Å²) in [7, 11) is 1.48. The molecule has 0 aliphatic heterocycles. The quantitative estimate of drug-likeness (QED) is 0.452. The number of nitrogens with one attached hydrogen (secondary N) is 1. The number of hydrogen-bond acceptors (Lipinski definition) is 7. The minimum Gasteiger partial charge on any atom is -0.495 e. The summed E-state index contributed by atoms with van der Waals surface area (Å²) >= 11 is 5.99. The molecule has 1 heterocycles. The van der Waals surface area contributed by atoms with E-state index in [4.69, 9.17) is 30.2 Å². The van der Waals surface area contributed by atoms with E-state index < -0.39 is 30.7 Å². The maximum absolute atomic E-state index is 11.9. The number of halogens is 1. The molecular weight excluding hydrogens is 414 g/mol. The van der Waals surface area contributed by atoms with Gasteiger partial charge in [0.15, 0.2) is 13.2 Å². The number of aryl methyl sites for hydroxylation is 1. The van der Waals surface area contributed by atoms with Crippen molar-refractivity contribution in [1.29, 1.82) is 0 Å². The average Bonchev–Trinajstić information content (AvgIpc) is 2.70. The van der Waals surface area contributed by atoms with Gasteiger partial charge >= 0.3 is 11.6 Å². The highest BCUT2D eigenvalue weighted by Gasteiger charge is 2.11. The van der Waals surface area contributed by atoms with Gasteiger partial charge in [0.2, 0.25) is 0 Å². The number of methoxy groups -OCH3 is 1. The third kappa shape index (κ3) is 5.30. The van der Waals surface area contributed by atoms with Crippen molar-refractivity contribution in [3.05, 3.63) is 63.5 Å². The van der Waals surface area contributed by atoms with Crippen LogP contribution in [0.5, 0.6) is 11.5 Å². The number of hydrogen-bond donors (Lipinski definition) is 1. The van der Waals surface area contributed by atoms with Gasteiger partial charge in [-0.15, -0.1) is 0 Å². The van der Waals surface area contributed by atoms with Gasteiger partial charge < -0.3 is 23.9 Å². The van der Waals surface area contributed by atoms with Crippen LogP contribution in [0.3, 0.4) is 0 Å². The SMILES string of the molecule is COc1ccc(NC(=O)COC(=O)COc2ccc3c(C)cc(=O)oc3c2)cc1Cl. The minimum absolute atomic E-state index is 0.325. The summed E-state index contributed by atoms with van der Waals surface area (Å²) in [6.07, 6.45) is 0. The van der Waals surface area contributed by atoms with Crippen molar-refractivity contribution in [3.63, 3.8) is 0 Å². The normalized spacial score (nSPS) is 10.5. The van der Waals surface area contributed by atoms with E-state index in [0.717, 1.165) is 10.9 Å². The highest BCUT2D eigenvalue weighted by Crippen LogP contribution is 2.27. The fourth-order valence-electron chi connectivity index (χ4n) is 2.67. The fourth-order valence-corrected chi connectivity index (χ4v) is 2.92. The highest BCUT2D eigenvalue weighted by atomic mass is 35.5. The van der Waals surface area contributed by atoms with Gasteiger partial charge in [-0.05, 0) is 42.8 Å². The van der Waals surface area contributed by atoms with Crippen LogP contribution in [0.4, 0.5) is 5.69 Å². The monoisotopic (exact) mass is 431 g/mol. The standard InChI is InChI=1S/C21H18ClNO7/c1-12-7-20(25)30-18-9-14(4-5-15(12)18)28-11-21(26)29-10-19(24)23-13-3-6-17(27-2)16(22)8-13/h3-9H,10-11H2,1-2H3,(H,23,24). The Morgan fingerprint density at radius 3 is 2.63 bits per heavy atom. The van der Waals surface area contributed by atoms with E-state index in [1.807, 2.05) is 0 Å². The van der Waals surface area contributed by atoms with Crippen molar-refractivity contribution in [3.8, 4) is 11.5 Å². The largest absolute Gasteiger partial charge is 0.495 e. The number of rotatable bonds is 7. The van der Waals surface area contributed by atoms with Crippen LogP contribution in [-0.2, 0) is 14.3 Å². The Morgan fingerprint density at radius 2 is 1.90 bits per heavy atom. The zero-order valence-electron chi connectivity index (χ0n) is 16.2. The van der Waals surface area contributed by atoms with Gasteiger partial charge in [0.25, 0.3) is 5.91 Å². The molecule has 1 amide bonds. The molecule has 1 N–H and O–H groups in total. The Kier molecular flexibility index (Phi) is 6.58. The van der Waals surface area contributed by atoms with Gasteiger partial charge in [0, 0.05) is 23.2 Å². The highest BCUT2D eigenvalue weighted by molar-refractivity contribution is 6.32. The predicted octanol–water partition coefficient (Wildman–Crippen LogP) is 3.32. The van der Waals surface area contributed by atoms with E-state index in [1.165, 1.54) is 25.3 Å². The number of anilines is 1. The fraction of sp³-hybridized carbons (Fsp3) is 0.190. The molecule has 0 aliphatic rings. The van der Waals surface area contributed by atoms with Crippen LogP contribution >= 0.6 is 11.6 Å². The first-order chi connectivity index (χ1) is 14.4. The molecule has 9 heteroatoms. The van der Waals surface area contributed by atoms with Gasteiger partial charge in [0.1, 0.15) is 17.1 Å². The van der Waals surface area contributed by atoms with Crippen molar-refractivity contribution in [2.75, 3.05) is 25.6 Å². The molecule has 3 rings (SSSR count). The van der Waals surface area contributed by atoms with Gasteiger partial charge in [-0.2, -0.15) is 0 Å². The number of ether oxygens (including phenoxy) is 3. The van der Waals surface area contributed by atoms with Crippen molar-refractivity contribution >= 4 is 40.1 Å². The molecule has 0 fully saturated rings. The molecule has 0 spiro atoms. The second kappa shape index (κ2) is 9.32. The molecule has 0 unspecified atom stereocenters. The summed E-state index contributed by atoms with van der Waals surface area (Å²) in [5, 5.41) is 3.65. The van der Waals surface area contributed by atoms with Gasteiger partial charge in [-0.1, -0.05) is 11.6 Å². The molecule has 30 heavy (non-hydrogen) atoms. The Hall–Kier alpha value is -3.52. The van der Waals surface area contributed by atoms with Crippen LogP contribution in [-0.4, -0.2) is 32.2 Å². The topological polar surface area (TPSA) is 104 Å². The number of fused-ring (bicyclic) bond motifs is 1. The van der Waals surface area contributed by atoms with E-state index in [2.05, 4.69) is 5.32 Å². The van der Waals surface area contributed by atoms with Crippen LogP contribution in [0.1, 0.15) is 5.56 Å². The molecule has 1 aromatic heterocycles. The zero-order valence-corrected chi connectivity index (χ0v) is 16.9. The average molecular weight is 432 g/mol. The number of esters is 1. The number of carbonyl (C=O) groups excluding carboxylic acids is 2. The summed E-state index contributed by atoms with van der Waals surface area (Å²) < 4.78 is 20.4. The summed E-state index contributed by atoms with van der Waals surface area (Å²) in [5.74, 6) is -0.469. The molecule has 0 radical (unpaired) electrons. The zero-order chi connectivity index (χ0) is 21.7. The first-order valence-corrected chi connectivity index (χ1v) is 9.20. The Balaban J connectivity index is 1.50. The lowest BCUT2D eigenvalue weighted by atomic mass is 10.1. The summed E-state index contributed by atoms with van der Waals surface area (Å²) in [6, 6.07) is 11.0. The third-order valence-corrected chi connectivity index (χ3v) is 4.37. The van der Waals surface area contributed by atoms with Crippen LogP contribution < -0.4 is 20.4 Å². The van der Waals surface area contributed by atoms with Crippen LogP contribution in [0.15, 0.2) is 51.7 Å². The van der Waals surface area contributed by atoms with Gasteiger partial charge in [-0.25, -0.2) is 9.59 Å². The van der Waals surface area contributed by atoms with E-state index >= 15 is 0 Å². The summed E-state index contributed by atoms with van der Waals surface area (Å²) in [6.45, 7) is 0.892. The molecule has 0 atom stereocenters. The van der Waals surface area contributed by atoms with E-state index in [1.54, 1.807) is 31.2 Å². The molecule has 0 aliphatic carbocycles. The van der Waals surface area contributed by atoms with Gasteiger partial charge in [-0.3, -0.25) is 4.79 Å². The molecule has 2 aromatic carbocycles. The molecule has 156 valence electrons. The molecule has 8 nitrogen and oxygen atoms in total. The predicted molar refractivity (Wildman–Crippen MR) is 110 cm³/mol. The maximum atomic E-state index is 11.9. The molecular formula is C21H18ClNO7. The second-order valence-electron chi connectivity index (χ2n) is 6.25. The smallest absolute Gasteiger partial charge is 0.344 e. The lowest BCUT2D eigenvalue weighted by Crippen LogP contribution is -2.23. The van der Waals surface area contributed by atoms with Crippen molar-refractivity contribution in [1.82, 2.24) is 0 Å². The van der Waals surface area contributed by atoms with Crippen molar-refractivity contribution < 1.29 is 28.2 Å². The molecule has 0 saturated heterocycles. The van der Waals surface area contributed by atoms with E-state index in [0.29, 0.717) is 27.8 Å². The maximum Gasteiger partial charge on any atom is 0.344 e. The van der Waals surface area contributed by atoms with Crippen LogP contribution in [0.2, 0.25) is 5.02 Å². The van der Waals surface area contributed by atoms with E-state index in [9.17, 15) is 14.4 Å². The second-order valence-corrected chi connectivity index (χ2v) is 6.66. The molecule has 0 bridgehead atoms. The third-order valence-electron chi connectivity index (χ3n) is 4.08. The minimum atomic E-state index is -0.733. The number of amides is 1. The first-order valence-electron chi connectivity index (χ1n) is 8.82. The van der Waals surface area contributed by atoms with E-state index in [-0.39, 0.29) is 0 Å². The van der Waals surface area contributed by atoms with Crippen molar-refractivity contribution in [2.45, 2.75) is 6.92 Å². The Labute approximate surface area is 176 Å². The molecule has 3 aromatic rings. The van der Waals surface area contributed by atoms with Gasteiger partial charge in [0.05, 0.1) is 12.1 Å². The number of carbonyl (C=O) groups is 2. The lowest BCUT2D eigenvalue weighted by Gasteiger charge is -2.09. The number of benzene rings is 2. The van der Waals surface area contributed by atoms with Crippen LogP contribution in [0, 0.1) is 6.92 Å². The first kappa shape index (κ1) is 21.2. The Morgan fingerprint density at radius 1 is 1.10 bits per heavy atom. The van der Waals surface area contributed by atoms with Crippen molar-refractivity contribution in [2.24, 2.45) is 0 Å². The molecule has 0 saturated carbocycles. The Bertz CT molecular complexity index is 1160. The summed E-state index contributed by atoms with van der Waals surface area (Å²) in [5.41, 5.74) is 1.09.